The molecule has 0 radical (unpaired) electrons. The fourth-order valence-corrected chi connectivity index (χ4v) is 3.19. The smallest absolute Gasteiger partial charge is 0.256 e. The van der Waals surface area contributed by atoms with Crippen LogP contribution in [0.1, 0.15) is 24.6 Å². The Morgan fingerprint density at radius 2 is 2.24 bits per heavy atom. The minimum Gasteiger partial charge on any atom is -0.491 e. The molecule has 0 saturated heterocycles. The van der Waals surface area contributed by atoms with Gasteiger partial charge in [0.2, 0.25) is 5.95 Å². The molecule has 0 atom stereocenters. The predicted molar refractivity (Wildman–Crippen MR) is 85.4 cm³/mol. The number of thioether (sulfide) groups is 1. The Morgan fingerprint density at radius 1 is 1.38 bits per heavy atom. The third kappa shape index (κ3) is 3.05. The highest BCUT2D eigenvalue weighted by molar-refractivity contribution is 7.98. The van der Waals surface area contributed by atoms with Crippen LogP contribution < -0.4 is 15.6 Å². The molecule has 0 fully saturated rings. The molecule has 21 heavy (non-hydrogen) atoms. The van der Waals surface area contributed by atoms with Crippen LogP contribution in [0.15, 0.2) is 29.1 Å². The average Bonchev–Trinajstić information content (AvgIpc) is 2.95. The zero-order valence-electron chi connectivity index (χ0n) is 11.8. The Kier molecular flexibility index (Phi) is 4.15. The van der Waals surface area contributed by atoms with Gasteiger partial charge in [-0.25, -0.2) is 4.98 Å². The number of nitrogens with zero attached hydrogens (tertiary/aromatic N) is 1. The third-order valence-corrected chi connectivity index (χ3v) is 4.16. The van der Waals surface area contributed by atoms with Gasteiger partial charge in [0, 0.05) is 17.1 Å². The first kappa shape index (κ1) is 14.0. The van der Waals surface area contributed by atoms with Crippen molar-refractivity contribution in [1.82, 2.24) is 9.97 Å². The highest BCUT2D eigenvalue weighted by Crippen LogP contribution is 2.28. The lowest BCUT2D eigenvalue weighted by atomic mass is 10.2. The molecular formula is C15H17N3O2S. The second-order valence-electron chi connectivity index (χ2n) is 4.80. The number of hydrogen-bond acceptors (Lipinski definition) is 5. The molecule has 2 heterocycles. The summed E-state index contributed by atoms with van der Waals surface area (Å²) in [6.45, 7) is 2.72. The van der Waals surface area contributed by atoms with Crippen LogP contribution in [-0.2, 0) is 11.5 Å². The Balaban J connectivity index is 1.87. The van der Waals surface area contributed by atoms with Crippen LogP contribution in [0.5, 0.6) is 5.75 Å². The first-order valence-electron chi connectivity index (χ1n) is 6.96. The van der Waals surface area contributed by atoms with E-state index in [0.717, 1.165) is 40.6 Å². The van der Waals surface area contributed by atoms with Crippen LogP contribution in [0.3, 0.4) is 0 Å². The van der Waals surface area contributed by atoms with Gasteiger partial charge >= 0.3 is 0 Å². The van der Waals surface area contributed by atoms with Gasteiger partial charge in [-0.2, -0.15) is 11.8 Å². The van der Waals surface area contributed by atoms with Crippen LogP contribution in [0.25, 0.3) is 0 Å². The Labute approximate surface area is 127 Å². The lowest BCUT2D eigenvalue weighted by Crippen LogP contribution is -2.16. The normalized spacial score (nSPS) is 13.0. The van der Waals surface area contributed by atoms with E-state index < -0.39 is 0 Å². The van der Waals surface area contributed by atoms with Gasteiger partial charge < -0.3 is 10.1 Å². The summed E-state index contributed by atoms with van der Waals surface area (Å²) in [5, 5.41) is 3.15. The first-order valence-corrected chi connectivity index (χ1v) is 8.12. The van der Waals surface area contributed by atoms with E-state index in [-0.39, 0.29) is 5.56 Å². The maximum absolute atomic E-state index is 12.0. The van der Waals surface area contributed by atoms with Gasteiger partial charge in [-0.15, -0.1) is 0 Å². The second kappa shape index (κ2) is 6.22. The number of anilines is 2. The molecule has 1 aliphatic heterocycles. The van der Waals surface area contributed by atoms with Crippen molar-refractivity contribution >= 4 is 23.4 Å². The van der Waals surface area contributed by atoms with E-state index in [1.807, 2.05) is 24.3 Å². The molecule has 2 N–H and O–H groups in total. The van der Waals surface area contributed by atoms with Crippen LogP contribution in [-0.4, -0.2) is 16.6 Å². The molecule has 6 heteroatoms. The molecular weight excluding hydrogens is 286 g/mol. The first-order chi connectivity index (χ1) is 10.3. The van der Waals surface area contributed by atoms with Crippen molar-refractivity contribution in [2.75, 3.05) is 11.9 Å². The Morgan fingerprint density at radius 3 is 3.10 bits per heavy atom. The molecule has 2 aromatic rings. The van der Waals surface area contributed by atoms with Crippen molar-refractivity contribution in [3.63, 3.8) is 0 Å². The molecule has 0 saturated carbocycles. The topological polar surface area (TPSA) is 67.0 Å². The monoisotopic (exact) mass is 303 g/mol. The summed E-state index contributed by atoms with van der Waals surface area (Å²) < 4.78 is 5.69. The summed E-state index contributed by atoms with van der Waals surface area (Å²) in [5.74, 6) is 2.77. The molecule has 0 spiro atoms. The van der Waals surface area contributed by atoms with Gasteiger partial charge in [0.15, 0.2) is 0 Å². The van der Waals surface area contributed by atoms with E-state index in [1.54, 1.807) is 11.8 Å². The van der Waals surface area contributed by atoms with E-state index in [4.69, 9.17) is 4.74 Å². The number of rotatable bonds is 5. The highest BCUT2D eigenvalue weighted by Gasteiger charge is 2.17. The molecule has 1 aliphatic rings. The summed E-state index contributed by atoms with van der Waals surface area (Å²) >= 11 is 1.71. The molecule has 1 aromatic carbocycles. The summed E-state index contributed by atoms with van der Waals surface area (Å²) in [4.78, 5) is 19.3. The summed E-state index contributed by atoms with van der Waals surface area (Å²) in [5.41, 5.74) is 2.42. The average molecular weight is 303 g/mol. The van der Waals surface area contributed by atoms with Gasteiger partial charge in [-0.05, 0) is 18.6 Å². The molecule has 0 unspecified atom stereocenters. The van der Waals surface area contributed by atoms with Crippen LogP contribution in [0, 0.1) is 0 Å². The number of fused-ring (bicyclic) bond motifs is 1. The van der Waals surface area contributed by atoms with Crippen LogP contribution >= 0.6 is 11.8 Å². The maximum Gasteiger partial charge on any atom is 0.256 e. The zero-order chi connectivity index (χ0) is 14.7. The number of H-pyrrole nitrogens is 1. The number of aromatic nitrogens is 2. The largest absolute Gasteiger partial charge is 0.491 e. The molecule has 0 bridgehead atoms. The van der Waals surface area contributed by atoms with Crippen molar-refractivity contribution in [2.45, 2.75) is 24.9 Å². The Bertz CT molecular complexity index is 700. The van der Waals surface area contributed by atoms with Crippen molar-refractivity contribution in [3.05, 3.63) is 45.9 Å². The lowest BCUT2D eigenvalue weighted by Gasteiger charge is -2.12. The summed E-state index contributed by atoms with van der Waals surface area (Å²) in [6, 6.07) is 7.65. The number of para-hydroxylation sites is 2. The summed E-state index contributed by atoms with van der Waals surface area (Å²) in [7, 11) is 0. The van der Waals surface area contributed by atoms with Gasteiger partial charge in [0.05, 0.1) is 18.0 Å². The second-order valence-corrected chi connectivity index (χ2v) is 5.79. The molecule has 0 aliphatic carbocycles. The maximum atomic E-state index is 12.0. The minimum absolute atomic E-state index is 0.0561. The quantitative estimate of drug-likeness (QED) is 0.888. The minimum atomic E-state index is -0.0561. The summed E-state index contributed by atoms with van der Waals surface area (Å²) in [6.07, 6.45) is 0.944. The fourth-order valence-electron chi connectivity index (χ4n) is 2.16. The fraction of sp³-hybridized carbons (Fsp3) is 0.333. The highest BCUT2D eigenvalue weighted by atomic mass is 32.2. The van der Waals surface area contributed by atoms with Gasteiger partial charge in [0.1, 0.15) is 5.75 Å². The van der Waals surface area contributed by atoms with Crippen molar-refractivity contribution in [2.24, 2.45) is 0 Å². The van der Waals surface area contributed by atoms with E-state index in [9.17, 15) is 4.79 Å². The SMILES string of the molecule is CCCOc1ccccc1Nc1nc2c(c(=O)[nH]1)CSC2. The lowest BCUT2D eigenvalue weighted by molar-refractivity contribution is 0.319. The van der Waals surface area contributed by atoms with Crippen LogP contribution in [0.4, 0.5) is 11.6 Å². The van der Waals surface area contributed by atoms with Crippen LogP contribution in [0.2, 0.25) is 0 Å². The molecule has 1 aromatic heterocycles. The number of aromatic amines is 1. The Hall–Kier alpha value is -1.95. The zero-order valence-corrected chi connectivity index (χ0v) is 12.6. The number of ether oxygens (including phenoxy) is 1. The van der Waals surface area contributed by atoms with Gasteiger partial charge in [-0.3, -0.25) is 9.78 Å². The number of nitrogens with one attached hydrogen (secondary N) is 2. The predicted octanol–water partition coefficient (Wildman–Crippen LogP) is 3.05. The molecule has 3 rings (SSSR count). The van der Waals surface area contributed by atoms with Gasteiger partial charge in [0.25, 0.3) is 5.56 Å². The van der Waals surface area contributed by atoms with E-state index in [0.29, 0.717) is 12.6 Å². The number of benzene rings is 1. The molecule has 110 valence electrons. The van der Waals surface area contributed by atoms with Crippen molar-refractivity contribution in [1.29, 1.82) is 0 Å². The third-order valence-electron chi connectivity index (χ3n) is 3.19. The molecule has 0 amide bonds. The van der Waals surface area contributed by atoms with Crippen molar-refractivity contribution in [3.8, 4) is 5.75 Å². The standard InChI is InChI=1S/C15H17N3O2S/c1-2-7-20-13-6-4-3-5-11(13)16-15-17-12-9-21-8-10(12)14(19)18-15/h3-6H,2,7-9H2,1H3,(H2,16,17,18,19). The van der Waals surface area contributed by atoms with Gasteiger partial charge in [-0.1, -0.05) is 19.1 Å². The van der Waals surface area contributed by atoms with E-state index >= 15 is 0 Å². The van der Waals surface area contributed by atoms with Crippen molar-refractivity contribution < 1.29 is 4.74 Å². The van der Waals surface area contributed by atoms with E-state index in [2.05, 4.69) is 22.2 Å². The molecule has 5 nitrogen and oxygen atoms in total. The van der Waals surface area contributed by atoms with E-state index in [1.165, 1.54) is 0 Å². The number of hydrogen-bond donors (Lipinski definition) is 2.